The molecule has 2 rings (SSSR count). The van der Waals surface area contributed by atoms with E-state index in [9.17, 15) is 13.2 Å². The van der Waals surface area contributed by atoms with Gasteiger partial charge in [-0.1, -0.05) is 62.9 Å². The van der Waals surface area contributed by atoms with E-state index in [2.05, 4.69) is 15.9 Å². The van der Waals surface area contributed by atoms with Crippen molar-refractivity contribution >= 4 is 50.7 Å². The zero-order valence-corrected chi connectivity index (χ0v) is 14.1. The van der Waals surface area contributed by atoms with Crippen LogP contribution in [-0.4, -0.2) is 0 Å². The highest BCUT2D eigenvalue weighted by Crippen LogP contribution is 2.39. The average molecular weight is 418 g/mol. The van der Waals surface area contributed by atoms with Gasteiger partial charge in [-0.15, -0.1) is 0 Å². The fraction of sp³-hybridized carbons (Fsp3) is 0.143. The minimum atomic E-state index is -4.44. The first-order valence-electron chi connectivity index (χ1n) is 5.65. The van der Waals surface area contributed by atoms with Crippen molar-refractivity contribution in [1.82, 2.24) is 0 Å². The minimum absolute atomic E-state index is 0.108. The van der Waals surface area contributed by atoms with Crippen LogP contribution in [0.1, 0.15) is 11.1 Å². The topological polar surface area (TPSA) is 0 Å². The molecule has 0 spiro atoms. The summed E-state index contributed by atoms with van der Waals surface area (Å²) in [7, 11) is 0. The van der Waals surface area contributed by atoms with E-state index in [1.54, 1.807) is 6.07 Å². The van der Waals surface area contributed by atoms with Gasteiger partial charge in [0, 0.05) is 15.9 Å². The molecule has 0 bridgehead atoms. The molecule has 0 aromatic heterocycles. The Hall–Kier alpha value is -0.420. The summed E-state index contributed by atoms with van der Waals surface area (Å²) in [6.45, 7) is 0. The molecule has 2 aromatic rings. The Kier molecular flexibility index (Phi) is 5.14. The van der Waals surface area contributed by atoms with Gasteiger partial charge in [0.05, 0.1) is 15.6 Å². The summed E-state index contributed by atoms with van der Waals surface area (Å²) in [4.78, 5) is 0. The lowest BCUT2D eigenvalue weighted by atomic mass is 9.99. The van der Waals surface area contributed by atoms with Crippen molar-refractivity contribution in [2.24, 2.45) is 0 Å². The molecule has 0 fully saturated rings. The van der Waals surface area contributed by atoms with Gasteiger partial charge in [0.15, 0.2) is 0 Å². The molecule has 2 aromatic carbocycles. The maximum Gasteiger partial charge on any atom is 0.416 e. The summed E-state index contributed by atoms with van der Waals surface area (Å²) >= 11 is 20.8. The number of alkyl halides is 4. The quantitative estimate of drug-likeness (QED) is 0.357. The van der Waals surface area contributed by atoms with Crippen LogP contribution in [-0.2, 0) is 11.5 Å². The second-order valence-corrected chi connectivity index (χ2v) is 6.03. The van der Waals surface area contributed by atoms with Gasteiger partial charge in [-0.25, -0.2) is 0 Å². The monoisotopic (exact) mass is 416 g/mol. The van der Waals surface area contributed by atoms with E-state index in [1.165, 1.54) is 18.2 Å². The molecule has 0 radical (unpaired) electrons. The van der Waals surface area contributed by atoms with Crippen LogP contribution >= 0.6 is 50.7 Å². The predicted molar refractivity (Wildman–Crippen MR) is 84.5 cm³/mol. The van der Waals surface area contributed by atoms with Gasteiger partial charge in [-0.3, -0.25) is 0 Å². The van der Waals surface area contributed by atoms with E-state index in [1.807, 2.05) is 0 Å². The summed E-state index contributed by atoms with van der Waals surface area (Å²) in [6.07, 6.45) is -4.44. The Balaban J connectivity index is 2.63. The average Bonchev–Trinajstić information content (AvgIpc) is 2.41. The first-order chi connectivity index (χ1) is 9.74. The molecule has 0 unspecified atom stereocenters. The Bertz CT molecular complexity index is 684. The van der Waals surface area contributed by atoms with Crippen molar-refractivity contribution in [3.63, 3.8) is 0 Å². The molecule has 112 valence electrons. The molecule has 0 saturated carbocycles. The zero-order chi connectivity index (χ0) is 15.8. The fourth-order valence-electron chi connectivity index (χ4n) is 1.87. The van der Waals surface area contributed by atoms with Crippen molar-refractivity contribution in [2.45, 2.75) is 11.5 Å². The van der Waals surface area contributed by atoms with E-state index in [4.69, 9.17) is 34.8 Å². The van der Waals surface area contributed by atoms with E-state index in [0.29, 0.717) is 11.1 Å². The molecule has 0 aliphatic carbocycles. The molecule has 0 N–H and O–H groups in total. The van der Waals surface area contributed by atoms with Crippen LogP contribution in [0.15, 0.2) is 30.3 Å². The largest absolute Gasteiger partial charge is 0.416 e. The standard InChI is InChI=1S/C14H7BrCl3F3/c15-6-8-2-1-7(3-10(8)14(19,20)21)9-4-12(17)13(18)5-11(9)16/h1-5H,6H2. The Morgan fingerprint density at radius 3 is 2.10 bits per heavy atom. The van der Waals surface area contributed by atoms with E-state index >= 15 is 0 Å². The normalized spacial score (nSPS) is 11.8. The number of benzene rings is 2. The Labute approximate surface area is 142 Å². The van der Waals surface area contributed by atoms with Crippen molar-refractivity contribution in [3.05, 3.63) is 56.5 Å². The summed E-state index contributed by atoms with van der Waals surface area (Å²) < 4.78 is 39.2. The molecule has 0 nitrogen and oxygen atoms in total. The van der Waals surface area contributed by atoms with Crippen LogP contribution in [0, 0.1) is 0 Å². The third-order valence-electron chi connectivity index (χ3n) is 2.88. The lowest BCUT2D eigenvalue weighted by Crippen LogP contribution is -2.08. The van der Waals surface area contributed by atoms with Gasteiger partial charge in [-0.2, -0.15) is 13.2 Å². The molecule has 0 aliphatic rings. The molecular weight excluding hydrogens is 411 g/mol. The van der Waals surface area contributed by atoms with Gasteiger partial charge < -0.3 is 0 Å². The summed E-state index contributed by atoms with van der Waals surface area (Å²) in [5.74, 6) is 0. The van der Waals surface area contributed by atoms with E-state index in [0.717, 1.165) is 6.07 Å². The van der Waals surface area contributed by atoms with Crippen molar-refractivity contribution in [2.75, 3.05) is 0 Å². The predicted octanol–water partition coefficient (Wildman–Crippen LogP) is 7.23. The SMILES string of the molecule is FC(F)(F)c1cc(-c2cc(Cl)c(Cl)cc2Cl)ccc1CBr. The molecule has 0 atom stereocenters. The first-order valence-corrected chi connectivity index (χ1v) is 7.90. The molecule has 7 heteroatoms. The van der Waals surface area contributed by atoms with Crippen LogP contribution in [0.25, 0.3) is 11.1 Å². The fourth-order valence-corrected chi connectivity index (χ4v) is 3.01. The van der Waals surface area contributed by atoms with Crippen molar-refractivity contribution in [1.29, 1.82) is 0 Å². The molecule has 0 heterocycles. The maximum atomic E-state index is 13.1. The minimum Gasteiger partial charge on any atom is -0.166 e. The van der Waals surface area contributed by atoms with Crippen LogP contribution in [0.3, 0.4) is 0 Å². The number of hydrogen-bond acceptors (Lipinski definition) is 0. The Morgan fingerprint density at radius 1 is 0.905 bits per heavy atom. The highest BCUT2D eigenvalue weighted by molar-refractivity contribution is 9.08. The number of hydrogen-bond donors (Lipinski definition) is 0. The lowest BCUT2D eigenvalue weighted by Gasteiger charge is -2.14. The summed E-state index contributed by atoms with van der Waals surface area (Å²) in [5.41, 5.74) is 0.176. The third kappa shape index (κ3) is 3.67. The van der Waals surface area contributed by atoms with Gasteiger partial charge >= 0.3 is 6.18 Å². The van der Waals surface area contributed by atoms with Crippen LogP contribution in [0.5, 0.6) is 0 Å². The van der Waals surface area contributed by atoms with Crippen LogP contribution in [0.4, 0.5) is 13.2 Å². The molecule has 0 saturated heterocycles. The zero-order valence-electron chi connectivity index (χ0n) is 10.2. The van der Waals surface area contributed by atoms with Gasteiger partial charge in [0.1, 0.15) is 0 Å². The third-order valence-corrected chi connectivity index (χ3v) is 4.52. The Morgan fingerprint density at radius 2 is 1.52 bits per heavy atom. The molecule has 0 aliphatic heterocycles. The number of rotatable bonds is 2. The van der Waals surface area contributed by atoms with E-state index < -0.39 is 11.7 Å². The highest BCUT2D eigenvalue weighted by atomic mass is 79.9. The highest BCUT2D eigenvalue weighted by Gasteiger charge is 2.33. The smallest absolute Gasteiger partial charge is 0.166 e. The molecule has 21 heavy (non-hydrogen) atoms. The van der Waals surface area contributed by atoms with Crippen LogP contribution < -0.4 is 0 Å². The second-order valence-electron chi connectivity index (χ2n) is 4.25. The summed E-state index contributed by atoms with van der Waals surface area (Å²) in [6, 6.07) is 6.90. The van der Waals surface area contributed by atoms with Gasteiger partial charge in [0.25, 0.3) is 0 Å². The lowest BCUT2D eigenvalue weighted by molar-refractivity contribution is -0.138. The van der Waals surface area contributed by atoms with Gasteiger partial charge in [0.2, 0.25) is 0 Å². The van der Waals surface area contributed by atoms with Gasteiger partial charge in [-0.05, 0) is 29.3 Å². The van der Waals surface area contributed by atoms with Crippen molar-refractivity contribution in [3.8, 4) is 11.1 Å². The maximum absolute atomic E-state index is 13.1. The molecule has 0 amide bonds. The van der Waals surface area contributed by atoms with Crippen molar-refractivity contribution < 1.29 is 13.2 Å². The second kappa shape index (κ2) is 6.37. The van der Waals surface area contributed by atoms with E-state index in [-0.39, 0.29) is 26.0 Å². The first kappa shape index (κ1) is 16.9. The van der Waals surface area contributed by atoms with Crippen LogP contribution in [0.2, 0.25) is 15.1 Å². The summed E-state index contributed by atoms with van der Waals surface area (Å²) in [5, 5.41) is 0.828. The molecular formula is C14H7BrCl3F3. The number of halogens is 7.